The van der Waals surface area contributed by atoms with Crippen LogP contribution < -0.4 is 16.0 Å². The minimum Gasteiger partial charge on any atom is -0.388 e. The lowest BCUT2D eigenvalue weighted by atomic mass is 10.0. The van der Waals surface area contributed by atoms with E-state index in [1.807, 2.05) is 6.92 Å². The van der Waals surface area contributed by atoms with Gasteiger partial charge in [-0.3, -0.25) is 9.59 Å². The van der Waals surface area contributed by atoms with Crippen molar-refractivity contribution in [2.45, 2.75) is 97.2 Å². The number of aromatic nitrogens is 2. The third-order valence-corrected chi connectivity index (χ3v) is 6.72. The van der Waals surface area contributed by atoms with Gasteiger partial charge in [-0.25, -0.2) is 9.97 Å². The van der Waals surface area contributed by atoms with Gasteiger partial charge in [0.05, 0.1) is 22.1 Å². The molecule has 0 aliphatic rings. The van der Waals surface area contributed by atoms with Crippen molar-refractivity contribution in [2.24, 2.45) is 0 Å². The SMILES string of the molecule is CCCC[C@H](C)NC(=O)c1nc(C(=O)NC[C@@H](O)C(C)(C)O)sc1-c1cnc(NC(C)(C)C)cc1C(F)(F)F. The molecule has 0 aromatic carbocycles. The molecule has 0 bridgehead atoms. The number of hydrogen-bond donors (Lipinski definition) is 5. The summed E-state index contributed by atoms with van der Waals surface area (Å²) in [4.78, 5) is 34.1. The van der Waals surface area contributed by atoms with E-state index in [2.05, 4.69) is 25.9 Å². The Kier molecular flexibility index (Phi) is 10.5. The molecular weight excluding hydrogens is 535 g/mol. The maximum absolute atomic E-state index is 14.2. The summed E-state index contributed by atoms with van der Waals surface area (Å²) in [5.74, 6) is -1.53. The zero-order valence-corrected chi connectivity index (χ0v) is 24.1. The highest BCUT2D eigenvalue weighted by Gasteiger charge is 2.37. The van der Waals surface area contributed by atoms with Gasteiger partial charge < -0.3 is 26.2 Å². The minimum absolute atomic E-state index is 0.000789. The van der Waals surface area contributed by atoms with Gasteiger partial charge in [0, 0.05) is 29.9 Å². The van der Waals surface area contributed by atoms with Crippen molar-refractivity contribution in [2.75, 3.05) is 11.9 Å². The van der Waals surface area contributed by atoms with Crippen molar-refractivity contribution in [1.82, 2.24) is 20.6 Å². The Morgan fingerprint density at radius 1 is 1.13 bits per heavy atom. The number of carbonyl (C=O) groups excluding carboxylic acids is 2. The lowest BCUT2D eigenvalue weighted by Gasteiger charge is -2.24. The van der Waals surface area contributed by atoms with E-state index >= 15 is 0 Å². The molecule has 0 fully saturated rings. The molecule has 0 aliphatic carbocycles. The molecule has 0 saturated heterocycles. The summed E-state index contributed by atoms with van der Waals surface area (Å²) in [5, 5.41) is 27.7. The number of alkyl halides is 3. The van der Waals surface area contributed by atoms with E-state index in [1.54, 1.807) is 27.7 Å². The van der Waals surface area contributed by atoms with E-state index in [0.717, 1.165) is 25.1 Å². The number of amides is 2. The van der Waals surface area contributed by atoms with Crippen LogP contribution in [0.3, 0.4) is 0 Å². The van der Waals surface area contributed by atoms with Crippen molar-refractivity contribution < 1.29 is 33.0 Å². The molecule has 2 rings (SSSR count). The van der Waals surface area contributed by atoms with Crippen LogP contribution in [0.4, 0.5) is 19.0 Å². The zero-order chi connectivity index (χ0) is 29.8. The summed E-state index contributed by atoms with van der Waals surface area (Å²) in [6, 6.07) is 0.593. The van der Waals surface area contributed by atoms with Crippen LogP contribution in [0.2, 0.25) is 0 Å². The van der Waals surface area contributed by atoms with Crippen molar-refractivity contribution in [1.29, 1.82) is 0 Å². The van der Waals surface area contributed by atoms with Crippen LogP contribution in [-0.2, 0) is 6.18 Å². The molecule has 2 heterocycles. The molecule has 2 aromatic rings. The number of carbonyl (C=O) groups is 2. The number of halogens is 3. The van der Waals surface area contributed by atoms with Gasteiger partial charge in [0.1, 0.15) is 11.5 Å². The minimum atomic E-state index is -4.79. The van der Waals surface area contributed by atoms with Gasteiger partial charge in [0.15, 0.2) is 5.01 Å². The first-order valence-electron chi connectivity index (χ1n) is 12.7. The second-order valence-electron chi connectivity index (χ2n) is 11.1. The van der Waals surface area contributed by atoms with E-state index in [9.17, 15) is 33.0 Å². The van der Waals surface area contributed by atoms with Gasteiger partial charge in [-0.05, 0) is 54.0 Å². The van der Waals surface area contributed by atoms with Gasteiger partial charge in [-0.2, -0.15) is 13.2 Å². The number of thiazole rings is 1. The Labute approximate surface area is 230 Å². The fourth-order valence-electron chi connectivity index (χ4n) is 3.47. The van der Waals surface area contributed by atoms with E-state index < -0.39 is 40.8 Å². The van der Waals surface area contributed by atoms with Crippen molar-refractivity contribution in [3.05, 3.63) is 28.5 Å². The lowest BCUT2D eigenvalue weighted by molar-refractivity contribution is -0.137. The summed E-state index contributed by atoms with van der Waals surface area (Å²) in [6.45, 7) is 11.5. The van der Waals surface area contributed by atoms with Crippen molar-refractivity contribution in [3.63, 3.8) is 0 Å². The normalized spacial score (nSPS) is 14.1. The number of nitrogens with one attached hydrogen (secondary N) is 3. The third-order valence-electron chi connectivity index (χ3n) is 5.63. The number of nitrogens with zero attached hydrogens (tertiary/aromatic N) is 2. The molecule has 0 radical (unpaired) electrons. The Hall–Kier alpha value is -2.77. The molecule has 0 aliphatic heterocycles. The summed E-state index contributed by atoms with van der Waals surface area (Å²) in [5.41, 5.74) is -3.82. The Morgan fingerprint density at radius 2 is 1.77 bits per heavy atom. The lowest BCUT2D eigenvalue weighted by Crippen LogP contribution is -2.44. The Balaban J connectivity index is 2.58. The van der Waals surface area contributed by atoms with Crippen LogP contribution >= 0.6 is 11.3 Å². The molecule has 39 heavy (non-hydrogen) atoms. The van der Waals surface area contributed by atoms with Crippen LogP contribution in [-0.4, -0.2) is 61.8 Å². The average molecular weight is 574 g/mol. The molecule has 2 amide bonds. The summed E-state index contributed by atoms with van der Waals surface area (Å²) >= 11 is 0.614. The molecule has 0 spiro atoms. The predicted molar refractivity (Wildman–Crippen MR) is 145 cm³/mol. The molecule has 9 nitrogen and oxygen atoms in total. The quantitative estimate of drug-likeness (QED) is 0.265. The van der Waals surface area contributed by atoms with E-state index in [4.69, 9.17) is 0 Å². The van der Waals surface area contributed by atoms with Gasteiger partial charge in [-0.1, -0.05) is 19.8 Å². The number of hydrogen-bond acceptors (Lipinski definition) is 8. The molecule has 2 aromatic heterocycles. The summed E-state index contributed by atoms with van der Waals surface area (Å²) in [6.07, 6.45) is -2.69. The first-order valence-corrected chi connectivity index (χ1v) is 13.5. The smallest absolute Gasteiger partial charge is 0.388 e. The number of pyridine rings is 1. The van der Waals surface area contributed by atoms with E-state index in [-0.39, 0.29) is 39.5 Å². The van der Waals surface area contributed by atoms with Crippen molar-refractivity contribution >= 4 is 29.0 Å². The van der Waals surface area contributed by atoms with Gasteiger partial charge in [-0.15, -0.1) is 11.3 Å². The summed E-state index contributed by atoms with van der Waals surface area (Å²) in [7, 11) is 0. The number of aliphatic hydroxyl groups is 2. The number of aliphatic hydroxyl groups excluding tert-OH is 1. The zero-order valence-electron chi connectivity index (χ0n) is 23.3. The molecule has 0 saturated carbocycles. The van der Waals surface area contributed by atoms with Crippen molar-refractivity contribution in [3.8, 4) is 10.4 Å². The average Bonchev–Trinajstić information content (AvgIpc) is 3.24. The second kappa shape index (κ2) is 12.6. The highest BCUT2D eigenvalue weighted by molar-refractivity contribution is 7.17. The molecule has 2 atom stereocenters. The van der Waals surface area contributed by atoms with Crippen LogP contribution in [0.1, 0.15) is 93.6 Å². The van der Waals surface area contributed by atoms with Gasteiger partial charge in [0.2, 0.25) is 0 Å². The fourth-order valence-corrected chi connectivity index (χ4v) is 4.47. The number of unbranched alkanes of at least 4 members (excludes halogenated alkanes) is 1. The van der Waals surface area contributed by atoms with Gasteiger partial charge >= 0.3 is 6.18 Å². The topological polar surface area (TPSA) is 136 Å². The standard InChI is InChI=1S/C26H38F3N5O4S/c1-8-9-10-14(2)32-21(36)19-20(39-23(33-19)22(37)31-13-17(35)25(6,7)38)15-12-30-18(34-24(3,4)5)11-16(15)26(27,28)29/h11-12,14,17,35,38H,8-10,13H2,1-7H3,(H,30,34)(H,31,37)(H,32,36)/t14-,17+/m0/s1. The van der Waals surface area contributed by atoms with E-state index in [1.165, 1.54) is 13.8 Å². The third kappa shape index (κ3) is 9.43. The molecule has 218 valence electrons. The Morgan fingerprint density at radius 3 is 2.31 bits per heavy atom. The Bertz CT molecular complexity index is 1160. The highest BCUT2D eigenvalue weighted by atomic mass is 32.1. The van der Waals surface area contributed by atoms with Gasteiger partial charge in [0.25, 0.3) is 11.8 Å². The number of rotatable bonds is 11. The maximum atomic E-state index is 14.2. The molecule has 0 unspecified atom stereocenters. The molecule has 5 N–H and O–H groups in total. The first kappa shape index (κ1) is 32.4. The van der Waals surface area contributed by atoms with E-state index in [0.29, 0.717) is 17.8 Å². The maximum Gasteiger partial charge on any atom is 0.417 e. The predicted octanol–water partition coefficient (Wildman–Crippen LogP) is 4.60. The fraction of sp³-hybridized carbons (Fsp3) is 0.615. The summed E-state index contributed by atoms with van der Waals surface area (Å²) < 4.78 is 42.6. The highest BCUT2D eigenvalue weighted by Crippen LogP contribution is 2.41. The van der Waals surface area contributed by atoms with Crippen LogP contribution in [0.15, 0.2) is 12.3 Å². The molecule has 13 heteroatoms. The monoisotopic (exact) mass is 573 g/mol. The van der Waals surface area contributed by atoms with Crippen LogP contribution in [0.5, 0.6) is 0 Å². The number of anilines is 1. The second-order valence-corrected chi connectivity index (χ2v) is 12.1. The molecular formula is C26H38F3N5O4S. The first-order chi connectivity index (χ1) is 17.8. The van der Waals surface area contributed by atoms with Crippen LogP contribution in [0.25, 0.3) is 10.4 Å². The van der Waals surface area contributed by atoms with Crippen LogP contribution in [0, 0.1) is 0 Å². The largest absolute Gasteiger partial charge is 0.417 e.